The lowest BCUT2D eigenvalue weighted by Gasteiger charge is -2.35. The molecule has 0 fully saturated rings. The zero-order valence-electron chi connectivity index (χ0n) is 25.4. The highest BCUT2D eigenvalue weighted by Crippen LogP contribution is 2.54. The Bertz CT molecular complexity index is 1460. The summed E-state index contributed by atoms with van der Waals surface area (Å²) in [6.07, 6.45) is 0. The molecule has 1 heterocycles. The Hall–Kier alpha value is -2.34. The molecular weight excluding hydrogens is 491 g/mol. The second-order valence-corrected chi connectivity index (χ2v) is 21.4. The fraction of sp³-hybridized carbons (Fsp3) is 0.389. The zero-order chi connectivity index (χ0) is 27.8. The number of hydrogen-bond acceptors (Lipinski definition) is 0. The van der Waals surface area contributed by atoms with Gasteiger partial charge in [-0.3, -0.25) is 0 Å². The van der Waals surface area contributed by atoms with Gasteiger partial charge >= 0.3 is 0 Å². The van der Waals surface area contributed by atoms with Crippen LogP contribution in [0.1, 0.15) is 85.8 Å². The maximum Gasteiger partial charge on any atom is 0.0985 e. The van der Waals surface area contributed by atoms with Crippen LogP contribution >= 0.6 is 7.53 Å². The summed E-state index contributed by atoms with van der Waals surface area (Å²) < 4.78 is 0. The van der Waals surface area contributed by atoms with Crippen LogP contribution in [0.2, 0.25) is 13.1 Å². The highest BCUT2D eigenvalue weighted by Gasteiger charge is 2.45. The molecule has 1 unspecified atom stereocenters. The van der Waals surface area contributed by atoms with Gasteiger partial charge < -0.3 is 0 Å². The summed E-state index contributed by atoms with van der Waals surface area (Å²) in [4.78, 5) is 1.79. The van der Waals surface area contributed by atoms with Crippen LogP contribution in [-0.2, 0) is 10.8 Å². The van der Waals surface area contributed by atoms with Gasteiger partial charge in [-0.25, -0.2) is 0 Å². The monoisotopic (exact) mass is 536 g/mol. The molecule has 0 N–H and O–H groups in total. The van der Waals surface area contributed by atoms with Gasteiger partial charge in [-0.1, -0.05) is 129 Å². The second-order valence-electron chi connectivity index (χ2n) is 14.1. The lowest BCUT2D eigenvalue weighted by molar-refractivity contribution is 0.589. The van der Waals surface area contributed by atoms with Crippen molar-refractivity contribution in [1.82, 2.24) is 0 Å². The molecule has 4 aromatic rings. The molecule has 1 aliphatic rings. The smallest absolute Gasteiger partial charge is 0.0907 e. The standard InChI is InChI=1S/C36H45PSi/c1-23-24(2)34(37(25(23)3)28-15-13-12-14-16-28)38(10,11)33-31-21-26(35(4,5)6)17-19-29(31)30-20-18-27(22-32(30)33)36(7,8)9/h12-22,33H,1-11H3. The molecular formula is C36H45PSi. The van der Waals surface area contributed by atoms with Gasteiger partial charge in [0.25, 0.3) is 0 Å². The van der Waals surface area contributed by atoms with E-state index in [-0.39, 0.29) is 10.8 Å². The fourth-order valence-electron chi connectivity index (χ4n) is 6.73. The SMILES string of the molecule is Cc1c(C)c([Si](C)(C)C2c3cc(C(C)(C)C)ccc3-c3ccc(C(C)(C)C)cc32)p(-c2ccccc2)c1C. The van der Waals surface area contributed by atoms with Crippen LogP contribution in [0.25, 0.3) is 16.4 Å². The minimum atomic E-state index is -2.03. The lowest BCUT2D eigenvalue weighted by Crippen LogP contribution is -2.47. The lowest BCUT2D eigenvalue weighted by atomic mass is 9.85. The van der Waals surface area contributed by atoms with Gasteiger partial charge in [-0.05, 0) is 91.6 Å². The quantitative estimate of drug-likeness (QED) is 0.228. The second kappa shape index (κ2) is 9.11. The average molecular weight is 537 g/mol. The van der Waals surface area contributed by atoms with Gasteiger partial charge in [0, 0.05) is 5.54 Å². The Morgan fingerprint density at radius 3 is 1.55 bits per heavy atom. The Morgan fingerprint density at radius 2 is 1.11 bits per heavy atom. The molecule has 0 nitrogen and oxygen atoms in total. The Kier molecular flexibility index (Phi) is 6.53. The molecule has 0 saturated carbocycles. The maximum atomic E-state index is 2.67. The van der Waals surface area contributed by atoms with Crippen molar-refractivity contribution in [2.75, 3.05) is 0 Å². The predicted molar refractivity (Wildman–Crippen MR) is 173 cm³/mol. The first-order valence-electron chi connectivity index (χ1n) is 14.2. The minimum absolute atomic E-state index is 0.130. The highest BCUT2D eigenvalue weighted by molar-refractivity contribution is 7.65. The molecule has 0 amide bonds. The summed E-state index contributed by atoms with van der Waals surface area (Å²) in [5.41, 5.74) is 12.8. The van der Waals surface area contributed by atoms with Crippen LogP contribution in [0.15, 0.2) is 66.7 Å². The van der Waals surface area contributed by atoms with E-state index in [1.54, 1.807) is 26.9 Å². The first-order valence-corrected chi connectivity index (χ1v) is 18.6. The van der Waals surface area contributed by atoms with Crippen LogP contribution in [0.5, 0.6) is 0 Å². The molecule has 1 atom stereocenters. The van der Waals surface area contributed by atoms with Gasteiger partial charge in [0.1, 0.15) is 0 Å². The van der Waals surface area contributed by atoms with Crippen molar-refractivity contribution in [1.29, 1.82) is 0 Å². The predicted octanol–water partition coefficient (Wildman–Crippen LogP) is 10.4. The first-order chi connectivity index (χ1) is 17.6. The normalized spacial score (nSPS) is 14.6. The molecule has 0 aliphatic heterocycles. The van der Waals surface area contributed by atoms with Gasteiger partial charge in [0.15, 0.2) is 0 Å². The maximum absolute atomic E-state index is 2.67. The fourth-order valence-corrected chi connectivity index (χ4v) is 16.2. The zero-order valence-corrected chi connectivity index (χ0v) is 27.3. The molecule has 5 rings (SSSR count). The van der Waals surface area contributed by atoms with Gasteiger partial charge in [-0.2, -0.15) is 0 Å². The van der Waals surface area contributed by atoms with E-state index in [4.69, 9.17) is 0 Å². The number of fused-ring (bicyclic) bond motifs is 3. The third-order valence-corrected chi connectivity index (χ3v) is 17.8. The van der Waals surface area contributed by atoms with E-state index >= 15 is 0 Å². The van der Waals surface area contributed by atoms with Crippen molar-refractivity contribution in [2.24, 2.45) is 0 Å². The van der Waals surface area contributed by atoms with Crippen LogP contribution in [0, 0.1) is 20.8 Å². The molecule has 0 radical (unpaired) electrons. The highest BCUT2D eigenvalue weighted by atomic mass is 31.1. The molecule has 0 spiro atoms. The summed E-state index contributed by atoms with van der Waals surface area (Å²) in [5, 5.41) is 3.11. The van der Waals surface area contributed by atoms with Crippen molar-refractivity contribution in [3.05, 3.63) is 105 Å². The van der Waals surface area contributed by atoms with Crippen molar-refractivity contribution >= 4 is 20.5 Å². The Morgan fingerprint density at radius 1 is 0.632 bits per heavy atom. The van der Waals surface area contributed by atoms with E-state index in [1.165, 1.54) is 33.1 Å². The minimum Gasteiger partial charge on any atom is -0.0907 e. The summed E-state index contributed by atoms with van der Waals surface area (Å²) >= 11 is 0. The van der Waals surface area contributed by atoms with Crippen molar-refractivity contribution in [3.63, 3.8) is 0 Å². The molecule has 1 aromatic heterocycles. The number of hydrogen-bond donors (Lipinski definition) is 0. The first kappa shape index (κ1) is 27.2. The summed E-state index contributed by atoms with van der Waals surface area (Å²) in [7, 11) is -2.50. The van der Waals surface area contributed by atoms with E-state index < -0.39 is 15.6 Å². The van der Waals surface area contributed by atoms with Crippen LogP contribution < -0.4 is 4.92 Å². The van der Waals surface area contributed by atoms with Gasteiger partial charge in [0.05, 0.1) is 8.07 Å². The molecule has 198 valence electrons. The van der Waals surface area contributed by atoms with Crippen molar-refractivity contribution < 1.29 is 0 Å². The van der Waals surface area contributed by atoms with E-state index in [0.717, 1.165) is 0 Å². The van der Waals surface area contributed by atoms with Gasteiger partial charge in [-0.15, -0.1) is 0 Å². The van der Waals surface area contributed by atoms with Gasteiger partial charge in [0.2, 0.25) is 0 Å². The molecule has 2 heteroatoms. The van der Waals surface area contributed by atoms with Crippen LogP contribution in [0.4, 0.5) is 0 Å². The molecule has 0 bridgehead atoms. The van der Waals surface area contributed by atoms with Crippen molar-refractivity contribution in [2.45, 2.75) is 91.8 Å². The summed E-state index contributed by atoms with van der Waals surface area (Å²) in [6, 6.07) is 26.1. The van der Waals surface area contributed by atoms with E-state index in [9.17, 15) is 0 Å². The van der Waals surface area contributed by atoms with Crippen LogP contribution in [-0.4, -0.2) is 8.07 Å². The van der Waals surface area contributed by atoms with E-state index in [1.807, 2.05) is 0 Å². The molecule has 38 heavy (non-hydrogen) atoms. The van der Waals surface area contributed by atoms with E-state index in [2.05, 4.69) is 142 Å². The third-order valence-electron chi connectivity index (χ3n) is 9.11. The summed E-state index contributed by atoms with van der Waals surface area (Å²) in [5.74, 6) is 0. The largest absolute Gasteiger partial charge is 0.0985 e. The number of rotatable bonds is 3. The van der Waals surface area contributed by atoms with E-state index in [0.29, 0.717) is 5.54 Å². The Labute approximate surface area is 233 Å². The molecule has 0 saturated heterocycles. The van der Waals surface area contributed by atoms with Crippen molar-refractivity contribution in [3.8, 4) is 16.4 Å². The topological polar surface area (TPSA) is 0 Å². The number of benzene rings is 3. The summed E-state index contributed by atoms with van der Waals surface area (Å²) in [6.45, 7) is 26.6. The molecule has 1 aliphatic carbocycles. The Balaban J connectivity index is 1.83. The average Bonchev–Trinajstić information content (AvgIpc) is 3.30. The molecule has 3 aromatic carbocycles. The van der Waals surface area contributed by atoms with Crippen LogP contribution in [0.3, 0.4) is 0 Å². The third kappa shape index (κ3) is 4.27.